The monoisotopic (exact) mass is 419 g/mol. The van der Waals surface area contributed by atoms with E-state index in [4.69, 9.17) is 5.73 Å². The SMILES string of the molecule is COC(=O)c1cccc(C(=O)Nc2ccc(-c3cc(C(F)(F)F)nn3C)c(N)n2)c1. The summed E-state index contributed by atoms with van der Waals surface area (Å²) in [5.41, 5.74) is 5.57. The van der Waals surface area contributed by atoms with Crippen LogP contribution in [0.3, 0.4) is 0 Å². The Balaban J connectivity index is 1.84. The molecule has 0 saturated carbocycles. The number of hydrogen-bond donors (Lipinski definition) is 2. The van der Waals surface area contributed by atoms with E-state index in [1.165, 1.54) is 50.6 Å². The van der Waals surface area contributed by atoms with E-state index >= 15 is 0 Å². The molecular formula is C19H16F3N5O3. The average molecular weight is 419 g/mol. The molecule has 2 heterocycles. The third kappa shape index (κ3) is 4.24. The molecule has 11 heteroatoms. The third-order valence-corrected chi connectivity index (χ3v) is 4.16. The standard InChI is InChI=1S/C19H16F3N5O3/c1-27-13(9-14(26-27)19(20,21)22)12-6-7-15(24-16(12)23)25-17(28)10-4-3-5-11(8-10)18(29)30-2/h3-9H,1-2H3,(H3,23,24,25,28). The number of pyridine rings is 1. The molecule has 8 nitrogen and oxygen atoms in total. The van der Waals surface area contributed by atoms with Gasteiger partial charge in [0, 0.05) is 18.2 Å². The summed E-state index contributed by atoms with van der Waals surface area (Å²) in [5.74, 6) is -1.15. The van der Waals surface area contributed by atoms with Gasteiger partial charge in [0.15, 0.2) is 5.69 Å². The van der Waals surface area contributed by atoms with Gasteiger partial charge in [-0.25, -0.2) is 9.78 Å². The molecule has 1 aromatic carbocycles. The average Bonchev–Trinajstić information content (AvgIpc) is 3.09. The van der Waals surface area contributed by atoms with Crippen molar-refractivity contribution in [3.8, 4) is 11.3 Å². The number of methoxy groups -OCH3 is 1. The first-order valence-corrected chi connectivity index (χ1v) is 8.48. The third-order valence-electron chi connectivity index (χ3n) is 4.16. The van der Waals surface area contributed by atoms with Gasteiger partial charge in [-0.2, -0.15) is 18.3 Å². The highest BCUT2D eigenvalue weighted by Crippen LogP contribution is 2.33. The minimum absolute atomic E-state index is 0.0861. The number of rotatable bonds is 4. The lowest BCUT2D eigenvalue weighted by molar-refractivity contribution is -0.141. The second-order valence-electron chi connectivity index (χ2n) is 6.19. The Bertz CT molecular complexity index is 1120. The first-order valence-electron chi connectivity index (χ1n) is 8.48. The van der Waals surface area contributed by atoms with Crippen molar-refractivity contribution in [1.29, 1.82) is 0 Å². The van der Waals surface area contributed by atoms with Gasteiger partial charge in [-0.3, -0.25) is 9.48 Å². The van der Waals surface area contributed by atoms with Gasteiger partial charge in [0.2, 0.25) is 0 Å². The number of halogens is 3. The van der Waals surface area contributed by atoms with Gasteiger partial charge in [-0.05, 0) is 36.4 Å². The number of nitrogen functional groups attached to an aromatic ring is 1. The molecule has 2 aromatic heterocycles. The smallest absolute Gasteiger partial charge is 0.435 e. The zero-order valence-corrected chi connectivity index (χ0v) is 15.8. The molecule has 30 heavy (non-hydrogen) atoms. The van der Waals surface area contributed by atoms with E-state index in [2.05, 4.69) is 20.1 Å². The van der Waals surface area contributed by atoms with Crippen LogP contribution in [0, 0.1) is 0 Å². The Hall–Kier alpha value is -3.89. The molecule has 0 bridgehead atoms. The van der Waals surface area contributed by atoms with Gasteiger partial charge >= 0.3 is 12.1 Å². The molecule has 0 fully saturated rings. The number of anilines is 2. The highest BCUT2D eigenvalue weighted by atomic mass is 19.4. The molecule has 3 aromatic rings. The van der Waals surface area contributed by atoms with E-state index in [1.807, 2.05) is 0 Å². The van der Waals surface area contributed by atoms with Crippen molar-refractivity contribution in [3.05, 3.63) is 59.3 Å². The van der Waals surface area contributed by atoms with Crippen molar-refractivity contribution >= 4 is 23.5 Å². The van der Waals surface area contributed by atoms with E-state index in [9.17, 15) is 22.8 Å². The van der Waals surface area contributed by atoms with Gasteiger partial charge in [0.25, 0.3) is 5.91 Å². The number of carbonyl (C=O) groups is 2. The molecule has 1 amide bonds. The number of hydrogen-bond acceptors (Lipinski definition) is 6. The Morgan fingerprint density at radius 3 is 2.43 bits per heavy atom. The van der Waals surface area contributed by atoms with Crippen molar-refractivity contribution in [3.63, 3.8) is 0 Å². The maximum Gasteiger partial charge on any atom is 0.435 e. The molecule has 0 aliphatic heterocycles. The van der Waals surface area contributed by atoms with E-state index in [0.717, 1.165) is 10.7 Å². The maximum atomic E-state index is 12.9. The van der Waals surface area contributed by atoms with Crippen LogP contribution in [-0.2, 0) is 18.0 Å². The lowest BCUT2D eigenvalue weighted by Crippen LogP contribution is -2.14. The first kappa shape index (κ1) is 20.8. The fourth-order valence-corrected chi connectivity index (χ4v) is 2.71. The van der Waals surface area contributed by atoms with Crippen LogP contribution in [0.25, 0.3) is 11.3 Å². The summed E-state index contributed by atoms with van der Waals surface area (Å²) < 4.78 is 44.3. The molecule has 0 aliphatic carbocycles. The number of alkyl halides is 3. The quantitative estimate of drug-likeness (QED) is 0.629. The zero-order valence-electron chi connectivity index (χ0n) is 15.8. The summed E-state index contributed by atoms with van der Waals surface area (Å²) in [6.07, 6.45) is -4.59. The van der Waals surface area contributed by atoms with E-state index in [-0.39, 0.29) is 34.0 Å². The number of ether oxygens (including phenoxy) is 1. The summed E-state index contributed by atoms with van der Waals surface area (Å²) >= 11 is 0. The van der Waals surface area contributed by atoms with Gasteiger partial charge in [0.05, 0.1) is 18.4 Å². The number of benzene rings is 1. The molecule has 0 atom stereocenters. The number of nitrogens with one attached hydrogen (secondary N) is 1. The van der Waals surface area contributed by atoms with Gasteiger partial charge in [-0.15, -0.1) is 0 Å². The van der Waals surface area contributed by atoms with E-state index in [1.54, 1.807) is 0 Å². The molecule has 0 saturated heterocycles. The van der Waals surface area contributed by atoms with Crippen molar-refractivity contribution in [2.75, 3.05) is 18.2 Å². The van der Waals surface area contributed by atoms with Gasteiger partial charge in [-0.1, -0.05) is 6.07 Å². The minimum atomic E-state index is -4.59. The fraction of sp³-hybridized carbons (Fsp3) is 0.158. The fourth-order valence-electron chi connectivity index (χ4n) is 2.71. The highest BCUT2D eigenvalue weighted by Gasteiger charge is 2.35. The van der Waals surface area contributed by atoms with Crippen LogP contribution in [0.5, 0.6) is 0 Å². The normalized spacial score (nSPS) is 11.2. The van der Waals surface area contributed by atoms with Crippen molar-refractivity contribution < 1.29 is 27.5 Å². The van der Waals surface area contributed by atoms with Crippen LogP contribution in [0.1, 0.15) is 26.4 Å². The second kappa shape index (κ2) is 7.85. The van der Waals surface area contributed by atoms with Gasteiger partial charge in [0.1, 0.15) is 11.6 Å². The summed E-state index contributed by atoms with van der Waals surface area (Å²) in [6, 6.07) is 9.56. The topological polar surface area (TPSA) is 112 Å². The second-order valence-corrected chi connectivity index (χ2v) is 6.19. The van der Waals surface area contributed by atoms with Crippen molar-refractivity contribution in [1.82, 2.24) is 14.8 Å². The van der Waals surface area contributed by atoms with Crippen molar-refractivity contribution in [2.24, 2.45) is 7.05 Å². The number of aromatic nitrogens is 3. The number of carbonyl (C=O) groups excluding carboxylic acids is 2. The minimum Gasteiger partial charge on any atom is -0.465 e. The van der Waals surface area contributed by atoms with Gasteiger partial charge < -0.3 is 15.8 Å². The Morgan fingerprint density at radius 1 is 1.13 bits per heavy atom. The van der Waals surface area contributed by atoms with Crippen LogP contribution in [0.2, 0.25) is 0 Å². The van der Waals surface area contributed by atoms with Crippen molar-refractivity contribution in [2.45, 2.75) is 6.18 Å². The number of esters is 1. The largest absolute Gasteiger partial charge is 0.465 e. The Morgan fingerprint density at radius 2 is 1.83 bits per heavy atom. The molecule has 0 aliphatic rings. The number of aryl methyl sites for hydroxylation is 1. The van der Waals surface area contributed by atoms with E-state index < -0.39 is 23.7 Å². The molecule has 3 rings (SSSR count). The van der Waals surface area contributed by atoms with E-state index in [0.29, 0.717) is 0 Å². The van der Waals surface area contributed by atoms with Crippen LogP contribution >= 0.6 is 0 Å². The Kier molecular flexibility index (Phi) is 5.45. The zero-order chi connectivity index (χ0) is 22.1. The number of nitrogens with two attached hydrogens (primary N) is 1. The number of nitrogens with zero attached hydrogens (tertiary/aromatic N) is 3. The predicted octanol–water partition coefficient (Wildman–Crippen LogP) is 3.12. The number of amides is 1. The maximum absolute atomic E-state index is 12.9. The van der Waals surface area contributed by atoms with Crippen LogP contribution in [0.4, 0.5) is 24.8 Å². The predicted molar refractivity (Wildman–Crippen MR) is 102 cm³/mol. The highest BCUT2D eigenvalue weighted by molar-refractivity contribution is 6.05. The molecule has 156 valence electrons. The summed E-state index contributed by atoms with van der Waals surface area (Å²) in [4.78, 5) is 28.1. The van der Waals surface area contributed by atoms with Crippen LogP contribution < -0.4 is 11.1 Å². The molecule has 0 unspecified atom stereocenters. The Labute approximate surface area is 168 Å². The van der Waals surface area contributed by atoms with Crippen LogP contribution in [-0.4, -0.2) is 33.8 Å². The lowest BCUT2D eigenvalue weighted by Gasteiger charge is -2.09. The molecule has 3 N–H and O–H groups in total. The summed E-state index contributed by atoms with van der Waals surface area (Å²) in [7, 11) is 2.58. The molecule has 0 spiro atoms. The summed E-state index contributed by atoms with van der Waals surface area (Å²) in [6.45, 7) is 0. The summed E-state index contributed by atoms with van der Waals surface area (Å²) in [5, 5.41) is 5.96. The lowest BCUT2D eigenvalue weighted by atomic mass is 10.1. The first-order chi connectivity index (χ1) is 14.1. The molecule has 0 radical (unpaired) electrons. The van der Waals surface area contributed by atoms with Crippen LogP contribution in [0.15, 0.2) is 42.5 Å². The molecular weight excluding hydrogens is 403 g/mol.